The largest absolute Gasteiger partial charge is 0.491 e. The Kier molecular flexibility index (Phi) is 4.57. The number of benzene rings is 1. The first-order valence-corrected chi connectivity index (χ1v) is 7.50. The van der Waals surface area contributed by atoms with Gasteiger partial charge in [0.25, 0.3) is 5.91 Å². The second kappa shape index (κ2) is 6.06. The number of anilines is 1. The zero-order chi connectivity index (χ0) is 15.6. The monoisotopic (exact) mass is 291 g/mol. The van der Waals surface area contributed by atoms with Crippen molar-refractivity contribution in [1.29, 1.82) is 0 Å². The second-order valence-electron chi connectivity index (χ2n) is 6.19. The van der Waals surface area contributed by atoms with Crippen molar-refractivity contribution in [3.63, 3.8) is 0 Å². The maximum absolute atomic E-state index is 12.5. The van der Waals surface area contributed by atoms with E-state index in [4.69, 9.17) is 9.47 Å². The van der Waals surface area contributed by atoms with Gasteiger partial charge in [0.1, 0.15) is 11.4 Å². The lowest BCUT2D eigenvalue weighted by Gasteiger charge is -2.26. The van der Waals surface area contributed by atoms with E-state index in [1.807, 2.05) is 45.9 Å². The van der Waals surface area contributed by atoms with Crippen LogP contribution in [0.3, 0.4) is 0 Å². The standard InChI is InChI=1S/C17H25NO3/c1-11(2)21-15-9-8-14(10-12(15)3)18-16(19)17(4,20-5)13-6-7-13/h8-11,13H,6-7H2,1-5H3,(H,18,19). The number of hydrogen-bond acceptors (Lipinski definition) is 3. The zero-order valence-electron chi connectivity index (χ0n) is 13.5. The molecule has 0 aliphatic heterocycles. The molecule has 1 saturated carbocycles. The second-order valence-corrected chi connectivity index (χ2v) is 6.19. The molecular weight excluding hydrogens is 266 g/mol. The SMILES string of the molecule is COC(C)(C(=O)Nc1ccc(OC(C)C)c(C)c1)C1CC1. The molecule has 0 heterocycles. The van der Waals surface area contributed by atoms with Crippen LogP contribution < -0.4 is 10.1 Å². The van der Waals surface area contributed by atoms with Crippen LogP contribution in [0.25, 0.3) is 0 Å². The van der Waals surface area contributed by atoms with Crippen LogP contribution in [-0.4, -0.2) is 24.7 Å². The quantitative estimate of drug-likeness (QED) is 0.872. The molecular formula is C17H25NO3. The molecule has 0 saturated heterocycles. The third-order valence-corrected chi connectivity index (χ3v) is 4.03. The van der Waals surface area contributed by atoms with E-state index in [0.717, 1.165) is 29.8 Å². The van der Waals surface area contributed by atoms with E-state index in [2.05, 4.69) is 5.32 Å². The van der Waals surface area contributed by atoms with Gasteiger partial charge in [-0.05, 0) is 70.2 Å². The summed E-state index contributed by atoms with van der Waals surface area (Å²) in [4.78, 5) is 12.5. The summed E-state index contributed by atoms with van der Waals surface area (Å²) in [6.07, 6.45) is 2.24. The zero-order valence-corrected chi connectivity index (χ0v) is 13.5. The smallest absolute Gasteiger partial charge is 0.256 e. The number of methoxy groups -OCH3 is 1. The summed E-state index contributed by atoms with van der Waals surface area (Å²) in [5.74, 6) is 1.09. The lowest BCUT2D eigenvalue weighted by Crippen LogP contribution is -2.44. The molecule has 4 heteroatoms. The summed E-state index contributed by atoms with van der Waals surface area (Å²) in [6.45, 7) is 7.83. The van der Waals surface area contributed by atoms with E-state index >= 15 is 0 Å². The number of carbonyl (C=O) groups excluding carboxylic acids is 1. The first-order valence-electron chi connectivity index (χ1n) is 7.50. The van der Waals surface area contributed by atoms with E-state index in [9.17, 15) is 4.79 Å². The molecule has 21 heavy (non-hydrogen) atoms. The van der Waals surface area contributed by atoms with Gasteiger partial charge in [0, 0.05) is 12.8 Å². The fraction of sp³-hybridized carbons (Fsp3) is 0.588. The predicted octanol–water partition coefficient (Wildman–Crippen LogP) is 3.54. The van der Waals surface area contributed by atoms with E-state index in [-0.39, 0.29) is 12.0 Å². The van der Waals surface area contributed by atoms with Gasteiger partial charge in [0.15, 0.2) is 0 Å². The molecule has 0 aromatic heterocycles. The van der Waals surface area contributed by atoms with Crippen LogP contribution in [0.4, 0.5) is 5.69 Å². The van der Waals surface area contributed by atoms with Crippen molar-refractivity contribution in [3.8, 4) is 5.75 Å². The number of nitrogens with one attached hydrogen (secondary N) is 1. The molecule has 0 spiro atoms. The molecule has 1 aromatic carbocycles. The van der Waals surface area contributed by atoms with Crippen molar-refractivity contribution in [1.82, 2.24) is 0 Å². The minimum atomic E-state index is -0.735. The van der Waals surface area contributed by atoms with Gasteiger partial charge in [-0.1, -0.05) is 0 Å². The van der Waals surface area contributed by atoms with Gasteiger partial charge in [0.2, 0.25) is 0 Å². The molecule has 1 aliphatic rings. The topological polar surface area (TPSA) is 47.6 Å². The predicted molar refractivity (Wildman–Crippen MR) is 83.7 cm³/mol. The van der Waals surface area contributed by atoms with Crippen LogP contribution in [-0.2, 0) is 9.53 Å². The summed E-state index contributed by atoms with van der Waals surface area (Å²) < 4.78 is 11.2. The first kappa shape index (κ1) is 15.8. The van der Waals surface area contributed by atoms with Gasteiger partial charge in [-0.15, -0.1) is 0 Å². The molecule has 1 atom stereocenters. The van der Waals surface area contributed by atoms with E-state index in [1.54, 1.807) is 7.11 Å². The normalized spacial score (nSPS) is 17.4. The van der Waals surface area contributed by atoms with Crippen molar-refractivity contribution in [2.24, 2.45) is 5.92 Å². The van der Waals surface area contributed by atoms with Gasteiger partial charge in [-0.2, -0.15) is 0 Å². The van der Waals surface area contributed by atoms with E-state index in [0.29, 0.717) is 5.92 Å². The Hall–Kier alpha value is -1.55. The maximum atomic E-state index is 12.5. The van der Waals surface area contributed by atoms with Crippen molar-refractivity contribution in [2.75, 3.05) is 12.4 Å². The Labute approximate surface area is 126 Å². The van der Waals surface area contributed by atoms with Crippen LogP contribution in [0.15, 0.2) is 18.2 Å². The van der Waals surface area contributed by atoms with Crippen molar-refractivity contribution >= 4 is 11.6 Å². The minimum Gasteiger partial charge on any atom is -0.491 e. The van der Waals surface area contributed by atoms with Gasteiger partial charge >= 0.3 is 0 Å². The van der Waals surface area contributed by atoms with Crippen LogP contribution in [0.1, 0.15) is 39.2 Å². The molecule has 1 aliphatic carbocycles. The van der Waals surface area contributed by atoms with Gasteiger partial charge in [0.05, 0.1) is 6.10 Å². The fourth-order valence-electron chi connectivity index (χ4n) is 2.45. The first-order chi connectivity index (χ1) is 9.86. The Morgan fingerprint density at radius 3 is 2.52 bits per heavy atom. The highest BCUT2D eigenvalue weighted by Crippen LogP contribution is 2.42. The van der Waals surface area contributed by atoms with Crippen LogP contribution >= 0.6 is 0 Å². The summed E-state index contributed by atoms with van der Waals surface area (Å²) in [5, 5.41) is 2.96. The number of rotatable bonds is 6. The Balaban J connectivity index is 2.09. The average molecular weight is 291 g/mol. The molecule has 0 bridgehead atoms. The molecule has 4 nitrogen and oxygen atoms in total. The van der Waals surface area contributed by atoms with Gasteiger partial charge in [-0.3, -0.25) is 4.79 Å². The highest BCUT2D eigenvalue weighted by Gasteiger charge is 2.47. The van der Waals surface area contributed by atoms with Crippen molar-refractivity contribution < 1.29 is 14.3 Å². The van der Waals surface area contributed by atoms with E-state index in [1.165, 1.54) is 0 Å². The molecule has 0 radical (unpaired) electrons. The molecule has 1 aromatic rings. The Morgan fingerprint density at radius 1 is 1.38 bits per heavy atom. The minimum absolute atomic E-state index is 0.0792. The summed E-state index contributed by atoms with van der Waals surface area (Å²) >= 11 is 0. The maximum Gasteiger partial charge on any atom is 0.256 e. The van der Waals surface area contributed by atoms with Crippen LogP contribution in [0.2, 0.25) is 0 Å². The number of ether oxygens (including phenoxy) is 2. The number of hydrogen-bond donors (Lipinski definition) is 1. The number of amides is 1. The highest BCUT2D eigenvalue weighted by molar-refractivity contribution is 5.97. The third kappa shape index (κ3) is 3.56. The third-order valence-electron chi connectivity index (χ3n) is 4.03. The van der Waals surface area contributed by atoms with Gasteiger partial charge in [-0.25, -0.2) is 0 Å². The Bertz CT molecular complexity index is 523. The summed E-state index contributed by atoms with van der Waals surface area (Å²) in [6, 6.07) is 5.69. The van der Waals surface area contributed by atoms with Crippen molar-refractivity contribution in [3.05, 3.63) is 23.8 Å². The lowest BCUT2D eigenvalue weighted by molar-refractivity contribution is -0.138. The van der Waals surface area contributed by atoms with E-state index < -0.39 is 5.60 Å². The fourth-order valence-corrected chi connectivity index (χ4v) is 2.45. The Morgan fingerprint density at radius 2 is 2.05 bits per heavy atom. The molecule has 2 rings (SSSR count). The highest BCUT2D eigenvalue weighted by atomic mass is 16.5. The summed E-state index contributed by atoms with van der Waals surface area (Å²) in [5.41, 5.74) is 1.05. The van der Waals surface area contributed by atoms with Gasteiger partial charge < -0.3 is 14.8 Å². The molecule has 1 amide bonds. The lowest BCUT2D eigenvalue weighted by atomic mass is 9.99. The van der Waals surface area contributed by atoms with Crippen LogP contribution in [0.5, 0.6) is 5.75 Å². The van der Waals surface area contributed by atoms with Crippen LogP contribution in [0, 0.1) is 12.8 Å². The molecule has 1 fully saturated rings. The molecule has 116 valence electrons. The number of aryl methyl sites for hydroxylation is 1. The number of carbonyl (C=O) groups is 1. The average Bonchev–Trinajstić information content (AvgIpc) is 3.25. The molecule has 1 N–H and O–H groups in total. The van der Waals surface area contributed by atoms with Crippen molar-refractivity contribution in [2.45, 2.75) is 52.2 Å². The molecule has 1 unspecified atom stereocenters. The summed E-state index contributed by atoms with van der Waals surface area (Å²) in [7, 11) is 1.60.